The van der Waals surface area contributed by atoms with Crippen LogP contribution in [0.25, 0.3) is 39.1 Å². The summed E-state index contributed by atoms with van der Waals surface area (Å²) in [6, 6.07) is 18.8. The molecule has 3 aromatic heterocycles. The first-order chi connectivity index (χ1) is 19.3. The third-order valence-electron chi connectivity index (χ3n) is 7.35. The first-order valence-corrected chi connectivity index (χ1v) is 13.6. The van der Waals surface area contributed by atoms with Gasteiger partial charge >= 0.3 is 6.09 Å². The number of pyridine rings is 1. The number of ether oxygens (including phenoxy) is 1. The van der Waals surface area contributed by atoms with Crippen molar-refractivity contribution in [3.8, 4) is 28.1 Å². The monoisotopic (exact) mass is 551 g/mol. The molecule has 3 N–H and O–H groups in total. The predicted octanol–water partition coefficient (Wildman–Crippen LogP) is 5.89. The number of aliphatic hydroxyl groups is 1. The number of rotatable bonds is 4. The highest BCUT2D eigenvalue weighted by Gasteiger charge is 2.53. The lowest BCUT2D eigenvalue weighted by molar-refractivity contribution is -0.0892. The molecular weight excluding hydrogens is 518 g/mol. The van der Waals surface area contributed by atoms with Crippen LogP contribution in [0.4, 0.5) is 4.79 Å². The van der Waals surface area contributed by atoms with Gasteiger partial charge in [-0.2, -0.15) is 9.61 Å². The molecular formula is C32H33N5O4. The molecule has 0 saturated heterocycles. The van der Waals surface area contributed by atoms with Crippen molar-refractivity contribution in [2.45, 2.75) is 64.2 Å². The van der Waals surface area contributed by atoms with Gasteiger partial charge in [0.25, 0.3) is 0 Å². The number of aromatic hydroxyl groups is 1. The number of nitrogens with zero attached hydrogens (tertiary/aromatic N) is 4. The van der Waals surface area contributed by atoms with E-state index in [1.807, 2.05) is 70.2 Å². The van der Waals surface area contributed by atoms with Crippen molar-refractivity contribution in [2.24, 2.45) is 0 Å². The van der Waals surface area contributed by atoms with Crippen molar-refractivity contribution in [3.05, 3.63) is 78.1 Å². The second kappa shape index (κ2) is 9.27. The van der Waals surface area contributed by atoms with Gasteiger partial charge in [-0.3, -0.25) is 0 Å². The van der Waals surface area contributed by atoms with Crippen LogP contribution in [0.3, 0.4) is 0 Å². The maximum absolute atomic E-state index is 12.7. The number of carbonyl (C=O) groups excluding carboxylic acids is 1. The Morgan fingerprint density at radius 3 is 2.44 bits per heavy atom. The summed E-state index contributed by atoms with van der Waals surface area (Å²) in [5, 5.41) is 29.3. The van der Waals surface area contributed by atoms with Crippen molar-refractivity contribution in [1.29, 1.82) is 0 Å². The van der Waals surface area contributed by atoms with E-state index in [0.717, 1.165) is 33.3 Å². The zero-order chi connectivity index (χ0) is 29.2. The van der Waals surface area contributed by atoms with Crippen LogP contribution < -0.4 is 5.32 Å². The predicted molar refractivity (Wildman–Crippen MR) is 156 cm³/mol. The van der Waals surface area contributed by atoms with E-state index in [-0.39, 0.29) is 5.75 Å². The van der Waals surface area contributed by atoms with E-state index in [2.05, 4.69) is 15.4 Å². The number of phenolic OH excluding ortho intramolecular Hbond substituents is 1. The van der Waals surface area contributed by atoms with Gasteiger partial charge in [0.1, 0.15) is 11.4 Å². The second-order valence-corrected chi connectivity index (χ2v) is 12.3. The number of carbonyl (C=O) groups is 1. The molecule has 0 unspecified atom stereocenters. The van der Waals surface area contributed by atoms with E-state index in [1.54, 1.807) is 35.8 Å². The van der Waals surface area contributed by atoms with E-state index in [0.29, 0.717) is 29.8 Å². The Balaban J connectivity index is 1.45. The number of hydrogen-bond acceptors (Lipinski definition) is 7. The molecule has 1 amide bonds. The highest BCUT2D eigenvalue weighted by Crippen LogP contribution is 2.49. The molecule has 6 rings (SSSR count). The average Bonchev–Trinajstić information content (AvgIpc) is 3.26. The number of aryl methyl sites for hydroxylation is 1. The summed E-state index contributed by atoms with van der Waals surface area (Å²) in [4.78, 5) is 22.4. The molecule has 0 atom stereocenters. The maximum atomic E-state index is 12.7. The summed E-state index contributed by atoms with van der Waals surface area (Å²) in [7, 11) is 0. The molecule has 1 saturated carbocycles. The summed E-state index contributed by atoms with van der Waals surface area (Å²) < 4.78 is 7.27. The number of aromatic nitrogens is 4. The highest BCUT2D eigenvalue weighted by atomic mass is 16.6. The van der Waals surface area contributed by atoms with Gasteiger partial charge in [0.15, 0.2) is 11.3 Å². The fourth-order valence-corrected chi connectivity index (χ4v) is 5.83. The molecule has 9 heteroatoms. The number of benzene rings is 2. The molecule has 1 aliphatic carbocycles. The number of alkyl carbamates (subject to hydrolysis) is 1. The SMILES string of the molecule is Cc1cc2ncc3cc(-c4cccc(O)c4)c(-c4ccc([C@]5(NC(=O)OC(C)(C)C)C[C@](C)(O)C5)cc4)nc3n2n1. The summed E-state index contributed by atoms with van der Waals surface area (Å²) in [6.45, 7) is 9.14. The molecule has 0 radical (unpaired) electrons. The smallest absolute Gasteiger partial charge is 0.408 e. The van der Waals surface area contributed by atoms with E-state index < -0.39 is 22.8 Å². The molecule has 2 aromatic carbocycles. The van der Waals surface area contributed by atoms with Gasteiger partial charge in [0.05, 0.1) is 22.5 Å². The fraction of sp³-hybridized carbons (Fsp3) is 0.312. The quantitative estimate of drug-likeness (QED) is 0.255. The number of hydrogen-bond donors (Lipinski definition) is 3. The van der Waals surface area contributed by atoms with Gasteiger partial charge in [0.2, 0.25) is 0 Å². The van der Waals surface area contributed by atoms with Gasteiger partial charge in [-0.05, 0) is 63.9 Å². The first-order valence-electron chi connectivity index (χ1n) is 13.6. The van der Waals surface area contributed by atoms with Crippen LogP contribution in [0, 0.1) is 6.92 Å². The minimum atomic E-state index is -0.891. The Morgan fingerprint density at radius 1 is 1.05 bits per heavy atom. The summed E-state index contributed by atoms with van der Waals surface area (Å²) in [5.41, 5.74) is 4.02. The standard InChI is InChI=1S/C32H33N5O4/c1-19-13-26-33-16-22-15-25(21-7-6-8-24(38)14-21)27(34-28(22)37(26)36-19)20-9-11-23(12-10-20)32(17-31(5,40)18-32)35-29(39)41-30(2,3)4/h6-16,38,40H,17-18H2,1-5H3,(H,35,39)/t31-,32-. The fourth-order valence-electron chi connectivity index (χ4n) is 5.83. The number of fused-ring (bicyclic) bond motifs is 3. The van der Waals surface area contributed by atoms with Crippen molar-refractivity contribution >= 4 is 22.8 Å². The molecule has 5 aromatic rings. The van der Waals surface area contributed by atoms with E-state index in [1.165, 1.54) is 0 Å². The van der Waals surface area contributed by atoms with Gasteiger partial charge < -0.3 is 20.3 Å². The molecule has 0 spiro atoms. The zero-order valence-electron chi connectivity index (χ0n) is 23.8. The molecule has 41 heavy (non-hydrogen) atoms. The minimum Gasteiger partial charge on any atom is -0.508 e. The number of amides is 1. The van der Waals surface area contributed by atoms with Crippen molar-refractivity contribution in [1.82, 2.24) is 24.9 Å². The Hall–Kier alpha value is -4.50. The normalized spacial score (nSPS) is 20.6. The Kier molecular flexibility index (Phi) is 6.04. The van der Waals surface area contributed by atoms with Gasteiger partial charge in [-0.1, -0.05) is 36.4 Å². The van der Waals surface area contributed by atoms with Crippen LogP contribution >= 0.6 is 0 Å². The van der Waals surface area contributed by atoms with Crippen LogP contribution in [-0.2, 0) is 10.3 Å². The third kappa shape index (κ3) is 5.09. The van der Waals surface area contributed by atoms with Gasteiger partial charge in [-0.25, -0.2) is 14.8 Å². The third-order valence-corrected chi connectivity index (χ3v) is 7.35. The summed E-state index contributed by atoms with van der Waals surface area (Å²) >= 11 is 0. The second-order valence-electron chi connectivity index (χ2n) is 12.3. The lowest BCUT2D eigenvalue weighted by Gasteiger charge is -2.52. The molecule has 0 aliphatic heterocycles. The largest absolute Gasteiger partial charge is 0.508 e. The summed E-state index contributed by atoms with van der Waals surface area (Å²) in [6.07, 6.45) is 1.99. The molecule has 9 nitrogen and oxygen atoms in total. The van der Waals surface area contributed by atoms with Crippen molar-refractivity contribution in [3.63, 3.8) is 0 Å². The van der Waals surface area contributed by atoms with E-state index >= 15 is 0 Å². The van der Waals surface area contributed by atoms with Crippen molar-refractivity contribution in [2.75, 3.05) is 0 Å². The Morgan fingerprint density at radius 2 is 1.78 bits per heavy atom. The highest BCUT2D eigenvalue weighted by molar-refractivity contribution is 5.91. The Bertz CT molecular complexity index is 1790. The van der Waals surface area contributed by atoms with Gasteiger partial charge in [-0.15, -0.1) is 0 Å². The Labute approximate surface area is 237 Å². The van der Waals surface area contributed by atoms with Crippen LogP contribution in [0.15, 0.2) is 66.9 Å². The average molecular weight is 552 g/mol. The van der Waals surface area contributed by atoms with Crippen LogP contribution in [-0.4, -0.2) is 47.1 Å². The topological polar surface area (TPSA) is 122 Å². The molecule has 210 valence electrons. The van der Waals surface area contributed by atoms with E-state index in [4.69, 9.17) is 9.72 Å². The minimum absolute atomic E-state index is 0.160. The number of phenols is 1. The molecule has 3 heterocycles. The lowest BCUT2D eigenvalue weighted by Crippen LogP contribution is -2.62. The maximum Gasteiger partial charge on any atom is 0.408 e. The summed E-state index contributed by atoms with van der Waals surface area (Å²) in [5.74, 6) is 0.160. The first kappa shape index (κ1) is 26.7. The van der Waals surface area contributed by atoms with E-state index in [9.17, 15) is 15.0 Å². The van der Waals surface area contributed by atoms with Crippen LogP contribution in [0.5, 0.6) is 5.75 Å². The van der Waals surface area contributed by atoms with Crippen molar-refractivity contribution < 1.29 is 19.7 Å². The van der Waals surface area contributed by atoms with Crippen LogP contribution in [0.1, 0.15) is 51.8 Å². The zero-order valence-corrected chi connectivity index (χ0v) is 23.8. The van der Waals surface area contributed by atoms with Gasteiger partial charge in [0, 0.05) is 41.6 Å². The number of nitrogens with one attached hydrogen (secondary N) is 1. The lowest BCUT2D eigenvalue weighted by atomic mass is 9.62. The molecule has 1 fully saturated rings. The molecule has 0 bridgehead atoms. The van der Waals surface area contributed by atoms with Crippen LogP contribution in [0.2, 0.25) is 0 Å². The molecule has 1 aliphatic rings.